The van der Waals surface area contributed by atoms with Crippen molar-refractivity contribution in [3.63, 3.8) is 0 Å². The van der Waals surface area contributed by atoms with Crippen LogP contribution in [0.2, 0.25) is 0 Å². The Hall–Kier alpha value is -2.18. The SMILES string of the molecule is CC1=C(C)C(=C=C2C(C)=C(C)C(=O)C(C)=C2C)C(C)=C(C)C1=O. The Morgan fingerprint density at radius 2 is 0.652 bits per heavy atom. The summed E-state index contributed by atoms with van der Waals surface area (Å²) >= 11 is 0. The van der Waals surface area contributed by atoms with Crippen LogP contribution >= 0.6 is 0 Å². The van der Waals surface area contributed by atoms with Crippen molar-refractivity contribution in [2.45, 2.75) is 55.4 Å². The number of hydrogen-bond acceptors (Lipinski definition) is 2. The highest BCUT2D eigenvalue weighted by molar-refractivity contribution is 6.12. The van der Waals surface area contributed by atoms with E-state index >= 15 is 0 Å². The molecular weight excluding hydrogens is 284 g/mol. The molecule has 2 heteroatoms. The van der Waals surface area contributed by atoms with Gasteiger partial charge in [-0.2, -0.15) is 0 Å². The molecule has 0 saturated heterocycles. The molecular formula is C21H24O2. The normalized spacial score (nSPS) is 20.2. The number of rotatable bonds is 0. The summed E-state index contributed by atoms with van der Waals surface area (Å²) in [4.78, 5) is 24.5. The van der Waals surface area contributed by atoms with Crippen LogP contribution in [0.5, 0.6) is 0 Å². The Morgan fingerprint density at radius 3 is 0.870 bits per heavy atom. The predicted octanol–water partition coefficient (Wildman–Crippen LogP) is 4.95. The molecule has 2 aliphatic rings. The van der Waals surface area contributed by atoms with Crippen LogP contribution in [-0.2, 0) is 9.59 Å². The van der Waals surface area contributed by atoms with E-state index in [0.717, 1.165) is 55.7 Å². The van der Waals surface area contributed by atoms with Gasteiger partial charge in [-0.15, -0.1) is 5.73 Å². The van der Waals surface area contributed by atoms with E-state index in [9.17, 15) is 9.59 Å². The van der Waals surface area contributed by atoms with Crippen molar-refractivity contribution in [3.8, 4) is 0 Å². The van der Waals surface area contributed by atoms with Gasteiger partial charge < -0.3 is 0 Å². The highest BCUT2D eigenvalue weighted by Crippen LogP contribution is 2.35. The maximum absolute atomic E-state index is 12.2. The van der Waals surface area contributed by atoms with Gasteiger partial charge in [0, 0.05) is 33.4 Å². The van der Waals surface area contributed by atoms with Gasteiger partial charge in [0.2, 0.25) is 0 Å². The lowest BCUT2D eigenvalue weighted by Crippen LogP contribution is -2.15. The first-order valence-electron chi connectivity index (χ1n) is 7.91. The number of Topliss-reactive ketones (excluding diaryl/α,β-unsaturated/α-hetero) is 2. The predicted molar refractivity (Wildman–Crippen MR) is 94.0 cm³/mol. The Bertz CT molecular complexity index is 714. The molecule has 120 valence electrons. The van der Waals surface area contributed by atoms with Crippen LogP contribution in [0.1, 0.15) is 55.4 Å². The van der Waals surface area contributed by atoms with E-state index in [1.54, 1.807) is 0 Å². The van der Waals surface area contributed by atoms with Crippen molar-refractivity contribution in [1.82, 2.24) is 0 Å². The van der Waals surface area contributed by atoms with Crippen LogP contribution in [0, 0.1) is 0 Å². The fraction of sp³-hybridized carbons (Fsp3) is 0.381. The van der Waals surface area contributed by atoms with E-state index in [-0.39, 0.29) is 11.6 Å². The number of hydrogen-bond donors (Lipinski definition) is 0. The van der Waals surface area contributed by atoms with Gasteiger partial charge in [0.1, 0.15) is 0 Å². The lowest BCUT2D eigenvalue weighted by Gasteiger charge is -2.22. The molecule has 2 rings (SSSR count). The van der Waals surface area contributed by atoms with Crippen LogP contribution in [-0.4, -0.2) is 11.6 Å². The standard InChI is InChI=1S/C21H24O2/c1-10-14(5)20(22)15(6)11(2)18(10)9-19-12(3)16(7)21(23)17(8)13(19)4/h1-8H3. The lowest BCUT2D eigenvalue weighted by atomic mass is 9.81. The molecule has 0 aromatic carbocycles. The highest BCUT2D eigenvalue weighted by Gasteiger charge is 2.25. The summed E-state index contributed by atoms with van der Waals surface area (Å²) in [6.45, 7) is 15.3. The zero-order valence-electron chi connectivity index (χ0n) is 15.3. The van der Waals surface area contributed by atoms with Crippen LogP contribution in [0.4, 0.5) is 0 Å². The average molecular weight is 308 g/mol. The first kappa shape index (κ1) is 17.2. The van der Waals surface area contributed by atoms with Gasteiger partial charge in [0.25, 0.3) is 0 Å². The summed E-state index contributed by atoms with van der Waals surface area (Å²) in [5.41, 5.74) is 12.5. The number of ketones is 2. The maximum atomic E-state index is 12.2. The minimum absolute atomic E-state index is 0.112. The first-order valence-corrected chi connectivity index (χ1v) is 7.91. The van der Waals surface area contributed by atoms with E-state index in [1.807, 2.05) is 55.4 Å². The van der Waals surface area contributed by atoms with Gasteiger partial charge in [-0.1, -0.05) is 0 Å². The fourth-order valence-electron chi connectivity index (χ4n) is 3.06. The Kier molecular flexibility index (Phi) is 4.32. The van der Waals surface area contributed by atoms with E-state index in [0.29, 0.717) is 0 Å². The summed E-state index contributed by atoms with van der Waals surface area (Å²) in [5, 5.41) is 0. The lowest BCUT2D eigenvalue weighted by molar-refractivity contribution is -0.113. The molecule has 0 bridgehead atoms. The smallest absolute Gasteiger partial charge is 0.185 e. The largest absolute Gasteiger partial charge is 0.289 e. The summed E-state index contributed by atoms with van der Waals surface area (Å²) in [6, 6.07) is 0. The quantitative estimate of drug-likeness (QED) is 0.593. The molecule has 23 heavy (non-hydrogen) atoms. The molecule has 0 saturated carbocycles. The maximum Gasteiger partial charge on any atom is 0.185 e. The molecule has 0 spiro atoms. The molecule has 2 nitrogen and oxygen atoms in total. The minimum Gasteiger partial charge on any atom is -0.289 e. The van der Waals surface area contributed by atoms with Gasteiger partial charge in [-0.25, -0.2) is 0 Å². The number of allylic oxidation sites excluding steroid dienone is 9. The second-order valence-electron chi connectivity index (χ2n) is 6.53. The van der Waals surface area contributed by atoms with Crippen molar-refractivity contribution in [2.75, 3.05) is 0 Å². The van der Waals surface area contributed by atoms with Crippen LogP contribution in [0.25, 0.3) is 0 Å². The molecule has 0 atom stereocenters. The third-order valence-corrected chi connectivity index (χ3v) is 5.36. The zero-order chi connectivity index (χ0) is 17.6. The fourth-order valence-corrected chi connectivity index (χ4v) is 3.06. The molecule has 0 aromatic rings. The van der Waals surface area contributed by atoms with Gasteiger partial charge in [0.15, 0.2) is 11.6 Å². The Morgan fingerprint density at radius 1 is 0.435 bits per heavy atom. The zero-order valence-corrected chi connectivity index (χ0v) is 15.3. The minimum atomic E-state index is 0.112. The van der Waals surface area contributed by atoms with Crippen LogP contribution in [0.15, 0.2) is 61.5 Å². The topological polar surface area (TPSA) is 34.1 Å². The van der Waals surface area contributed by atoms with E-state index < -0.39 is 0 Å². The third kappa shape index (κ3) is 2.54. The first-order chi connectivity index (χ1) is 10.6. The summed E-state index contributed by atoms with van der Waals surface area (Å²) in [7, 11) is 0. The van der Waals surface area contributed by atoms with E-state index in [2.05, 4.69) is 5.73 Å². The van der Waals surface area contributed by atoms with E-state index in [1.165, 1.54) is 0 Å². The van der Waals surface area contributed by atoms with Crippen molar-refractivity contribution in [3.05, 3.63) is 61.5 Å². The van der Waals surface area contributed by atoms with Crippen molar-refractivity contribution in [2.24, 2.45) is 0 Å². The summed E-state index contributed by atoms with van der Waals surface area (Å²) in [6.07, 6.45) is 0. The molecule has 2 aliphatic carbocycles. The molecule has 0 fully saturated rings. The highest BCUT2D eigenvalue weighted by atomic mass is 16.1. The number of carbonyl (C=O) groups is 2. The Balaban J connectivity index is 2.89. The van der Waals surface area contributed by atoms with Gasteiger partial charge in [-0.3, -0.25) is 9.59 Å². The molecule has 0 aliphatic heterocycles. The molecule has 0 unspecified atom stereocenters. The second-order valence-corrected chi connectivity index (χ2v) is 6.53. The molecule has 0 radical (unpaired) electrons. The van der Waals surface area contributed by atoms with Gasteiger partial charge in [-0.05, 0) is 77.7 Å². The second kappa shape index (κ2) is 5.79. The van der Waals surface area contributed by atoms with Crippen LogP contribution in [0.3, 0.4) is 0 Å². The van der Waals surface area contributed by atoms with Crippen molar-refractivity contribution >= 4 is 11.6 Å². The molecule has 0 aromatic heterocycles. The molecule has 0 N–H and O–H groups in total. The van der Waals surface area contributed by atoms with Crippen molar-refractivity contribution in [1.29, 1.82) is 0 Å². The Labute approximate surface area is 138 Å². The van der Waals surface area contributed by atoms with Gasteiger partial charge >= 0.3 is 0 Å². The third-order valence-electron chi connectivity index (χ3n) is 5.36. The van der Waals surface area contributed by atoms with Crippen molar-refractivity contribution < 1.29 is 9.59 Å². The number of carbonyl (C=O) groups excluding carboxylic acids is 2. The molecule has 0 heterocycles. The summed E-state index contributed by atoms with van der Waals surface area (Å²) < 4.78 is 0. The summed E-state index contributed by atoms with van der Waals surface area (Å²) in [5.74, 6) is 0.225. The van der Waals surface area contributed by atoms with E-state index in [4.69, 9.17) is 0 Å². The monoisotopic (exact) mass is 308 g/mol. The molecule has 0 amide bonds. The van der Waals surface area contributed by atoms with Gasteiger partial charge in [0.05, 0.1) is 0 Å². The average Bonchev–Trinajstić information content (AvgIpc) is 2.54. The van der Waals surface area contributed by atoms with Crippen LogP contribution < -0.4 is 0 Å².